The fraction of sp³-hybridized carbons (Fsp3) is 0.455. The molecule has 1 atom stereocenters. The van der Waals surface area contributed by atoms with Crippen LogP contribution in [0.4, 0.5) is 0 Å². The normalized spacial score (nSPS) is 23.1. The molecule has 0 nitrogen and oxygen atoms in total. The molecule has 0 aromatic carbocycles. The lowest BCUT2D eigenvalue weighted by Crippen LogP contribution is -1.99. The van der Waals surface area contributed by atoms with E-state index in [2.05, 4.69) is 38.7 Å². The van der Waals surface area contributed by atoms with Crippen LogP contribution in [0.3, 0.4) is 0 Å². The van der Waals surface area contributed by atoms with Crippen LogP contribution in [0.15, 0.2) is 36.0 Å². The van der Waals surface area contributed by atoms with Crippen molar-refractivity contribution in [3.05, 3.63) is 36.0 Å². The van der Waals surface area contributed by atoms with Gasteiger partial charge in [-0.2, -0.15) is 0 Å². The van der Waals surface area contributed by atoms with E-state index in [0.717, 1.165) is 12.8 Å². The molecule has 0 heterocycles. The van der Waals surface area contributed by atoms with Gasteiger partial charge in [0.2, 0.25) is 0 Å². The SMILES string of the molecule is C=C(C)C1C=CC(CC)=CC1. The van der Waals surface area contributed by atoms with Gasteiger partial charge in [-0.15, -0.1) is 0 Å². The number of allylic oxidation sites excluding steroid dienone is 5. The van der Waals surface area contributed by atoms with E-state index in [-0.39, 0.29) is 0 Å². The van der Waals surface area contributed by atoms with Gasteiger partial charge in [-0.05, 0) is 19.8 Å². The molecule has 60 valence electrons. The van der Waals surface area contributed by atoms with Crippen LogP contribution in [0, 0.1) is 5.92 Å². The molecule has 1 rings (SSSR count). The van der Waals surface area contributed by atoms with Gasteiger partial charge in [0, 0.05) is 5.92 Å². The quantitative estimate of drug-likeness (QED) is 0.526. The summed E-state index contributed by atoms with van der Waals surface area (Å²) in [5.74, 6) is 0.588. The Kier molecular flexibility index (Phi) is 2.70. The molecule has 1 unspecified atom stereocenters. The van der Waals surface area contributed by atoms with Crippen LogP contribution >= 0.6 is 0 Å². The molecule has 0 saturated heterocycles. The van der Waals surface area contributed by atoms with Crippen molar-refractivity contribution in [3.8, 4) is 0 Å². The average molecular weight is 148 g/mol. The van der Waals surface area contributed by atoms with Crippen LogP contribution in [0.2, 0.25) is 0 Å². The molecule has 0 fully saturated rings. The largest absolute Gasteiger partial charge is 0.0995 e. The lowest BCUT2D eigenvalue weighted by atomic mass is 9.91. The lowest BCUT2D eigenvalue weighted by molar-refractivity contribution is 0.759. The zero-order chi connectivity index (χ0) is 8.27. The Morgan fingerprint density at radius 3 is 2.82 bits per heavy atom. The molecule has 0 aromatic rings. The summed E-state index contributed by atoms with van der Waals surface area (Å²) in [5, 5.41) is 0. The molecule has 0 radical (unpaired) electrons. The third-order valence-electron chi connectivity index (χ3n) is 2.22. The van der Waals surface area contributed by atoms with Crippen LogP contribution in [0.1, 0.15) is 26.7 Å². The third-order valence-corrected chi connectivity index (χ3v) is 2.22. The second-order valence-corrected chi connectivity index (χ2v) is 3.18. The molecule has 0 spiro atoms. The highest BCUT2D eigenvalue weighted by molar-refractivity contribution is 5.26. The second-order valence-electron chi connectivity index (χ2n) is 3.18. The number of rotatable bonds is 2. The third kappa shape index (κ3) is 2.07. The molecule has 0 amide bonds. The van der Waals surface area contributed by atoms with Gasteiger partial charge in [0.15, 0.2) is 0 Å². The van der Waals surface area contributed by atoms with E-state index in [9.17, 15) is 0 Å². The van der Waals surface area contributed by atoms with Crippen LogP contribution in [0.5, 0.6) is 0 Å². The van der Waals surface area contributed by atoms with Gasteiger partial charge in [-0.1, -0.05) is 42.9 Å². The fourth-order valence-electron chi connectivity index (χ4n) is 1.29. The Morgan fingerprint density at radius 1 is 1.73 bits per heavy atom. The number of hydrogen-bond donors (Lipinski definition) is 0. The van der Waals surface area contributed by atoms with Crippen molar-refractivity contribution < 1.29 is 0 Å². The van der Waals surface area contributed by atoms with Gasteiger partial charge in [0.1, 0.15) is 0 Å². The second kappa shape index (κ2) is 3.56. The predicted octanol–water partition coefficient (Wildman–Crippen LogP) is 3.48. The minimum Gasteiger partial charge on any atom is -0.0995 e. The molecule has 0 bridgehead atoms. The smallest absolute Gasteiger partial charge is 0.000921 e. The molecule has 11 heavy (non-hydrogen) atoms. The molecule has 0 saturated carbocycles. The van der Waals surface area contributed by atoms with Gasteiger partial charge in [0.05, 0.1) is 0 Å². The van der Waals surface area contributed by atoms with Crippen LogP contribution < -0.4 is 0 Å². The first kappa shape index (κ1) is 8.32. The fourth-order valence-corrected chi connectivity index (χ4v) is 1.29. The van der Waals surface area contributed by atoms with E-state index >= 15 is 0 Å². The topological polar surface area (TPSA) is 0 Å². The molecular weight excluding hydrogens is 132 g/mol. The summed E-state index contributed by atoms with van der Waals surface area (Å²) < 4.78 is 0. The average Bonchev–Trinajstić information content (AvgIpc) is 2.05. The Labute approximate surface area is 69.3 Å². The van der Waals surface area contributed by atoms with Crippen molar-refractivity contribution >= 4 is 0 Å². The van der Waals surface area contributed by atoms with Gasteiger partial charge in [-0.25, -0.2) is 0 Å². The van der Waals surface area contributed by atoms with Gasteiger partial charge in [0.25, 0.3) is 0 Å². The summed E-state index contributed by atoms with van der Waals surface area (Å²) in [6.45, 7) is 8.24. The zero-order valence-corrected chi connectivity index (χ0v) is 7.43. The van der Waals surface area contributed by atoms with Crippen LogP contribution in [-0.4, -0.2) is 0 Å². The molecule has 0 heteroatoms. The molecule has 1 aliphatic carbocycles. The first-order valence-electron chi connectivity index (χ1n) is 4.26. The maximum atomic E-state index is 3.95. The predicted molar refractivity (Wildman–Crippen MR) is 50.4 cm³/mol. The summed E-state index contributed by atoms with van der Waals surface area (Å²) in [6, 6.07) is 0. The highest BCUT2D eigenvalue weighted by Gasteiger charge is 2.07. The van der Waals surface area contributed by atoms with Gasteiger partial charge >= 0.3 is 0 Å². The Balaban J connectivity index is 2.57. The summed E-state index contributed by atoms with van der Waals surface area (Å²) in [6.07, 6.45) is 9.11. The highest BCUT2D eigenvalue weighted by Crippen LogP contribution is 2.22. The van der Waals surface area contributed by atoms with Crippen molar-refractivity contribution in [2.75, 3.05) is 0 Å². The molecule has 0 aromatic heterocycles. The summed E-state index contributed by atoms with van der Waals surface area (Å²) in [5.41, 5.74) is 2.73. The first-order valence-corrected chi connectivity index (χ1v) is 4.26. The maximum absolute atomic E-state index is 3.95. The van der Waals surface area contributed by atoms with E-state index in [0.29, 0.717) is 5.92 Å². The standard InChI is InChI=1S/C11H16/c1-4-10-5-7-11(8-6-10)9(2)3/h5-7,11H,2,4,8H2,1,3H3. The molecule has 1 aliphatic rings. The van der Waals surface area contributed by atoms with Crippen LogP contribution in [-0.2, 0) is 0 Å². The van der Waals surface area contributed by atoms with Crippen molar-refractivity contribution in [1.29, 1.82) is 0 Å². The van der Waals surface area contributed by atoms with Crippen molar-refractivity contribution in [3.63, 3.8) is 0 Å². The minimum atomic E-state index is 0.588. The van der Waals surface area contributed by atoms with E-state index in [1.807, 2.05) is 0 Å². The van der Waals surface area contributed by atoms with Crippen LogP contribution in [0.25, 0.3) is 0 Å². The molecule has 0 N–H and O–H groups in total. The highest BCUT2D eigenvalue weighted by atomic mass is 14.1. The summed E-state index contributed by atoms with van der Waals surface area (Å²) in [7, 11) is 0. The zero-order valence-electron chi connectivity index (χ0n) is 7.43. The van der Waals surface area contributed by atoms with E-state index < -0.39 is 0 Å². The van der Waals surface area contributed by atoms with E-state index in [1.54, 1.807) is 0 Å². The van der Waals surface area contributed by atoms with Crippen molar-refractivity contribution in [1.82, 2.24) is 0 Å². The van der Waals surface area contributed by atoms with Gasteiger partial charge in [-0.3, -0.25) is 0 Å². The van der Waals surface area contributed by atoms with E-state index in [1.165, 1.54) is 11.1 Å². The first-order chi connectivity index (χ1) is 5.24. The number of hydrogen-bond acceptors (Lipinski definition) is 0. The molecular formula is C11H16. The van der Waals surface area contributed by atoms with Gasteiger partial charge < -0.3 is 0 Å². The van der Waals surface area contributed by atoms with Crippen molar-refractivity contribution in [2.24, 2.45) is 5.92 Å². The Bertz CT molecular complexity index is 206. The Morgan fingerprint density at radius 2 is 2.45 bits per heavy atom. The summed E-state index contributed by atoms with van der Waals surface area (Å²) in [4.78, 5) is 0. The van der Waals surface area contributed by atoms with E-state index in [4.69, 9.17) is 0 Å². The maximum Gasteiger partial charge on any atom is 0.000921 e. The Hall–Kier alpha value is -0.780. The monoisotopic (exact) mass is 148 g/mol. The summed E-state index contributed by atoms with van der Waals surface area (Å²) >= 11 is 0. The van der Waals surface area contributed by atoms with Crippen molar-refractivity contribution in [2.45, 2.75) is 26.7 Å². The minimum absolute atomic E-state index is 0.588. The molecule has 0 aliphatic heterocycles. The lowest BCUT2D eigenvalue weighted by Gasteiger charge is -2.14.